The van der Waals surface area contributed by atoms with E-state index in [1.165, 1.54) is 0 Å². The van der Waals surface area contributed by atoms with Gasteiger partial charge >= 0.3 is 0 Å². The molecule has 0 bridgehead atoms. The van der Waals surface area contributed by atoms with Crippen molar-refractivity contribution in [2.24, 2.45) is 11.8 Å². The summed E-state index contributed by atoms with van der Waals surface area (Å²) in [4.78, 5) is 0. The van der Waals surface area contributed by atoms with Crippen LogP contribution in [-0.4, -0.2) is 17.8 Å². The van der Waals surface area contributed by atoms with Crippen molar-refractivity contribution >= 4 is 0 Å². The molecule has 0 aromatic heterocycles. The van der Waals surface area contributed by atoms with Crippen molar-refractivity contribution < 1.29 is 9.84 Å². The summed E-state index contributed by atoms with van der Waals surface area (Å²) in [5.74, 6) is 0.354. The highest BCUT2D eigenvalue weighted by Crippen LogP contribution is 2.19. The molecule has 2 nitrogen and oxygen atoms in total. The molecular formula is C15H22O2. The summed E-state index contributed by atoms with van der Waals surface area (Å²) in [6.45, 7) is 8.61. The molecule has 0 saturated heterocycles. The summed E-state index contributed by atoms with van der Waals surface area (Å²) in [5, 5.41) is 9.29. The molecule has 94 valence electrons. The first-order valence-corrected chi connectivity index (χ1v) is 6.08. The van der Waals surface area contributed by atoms with Crippen molar-refractivity contribution in [3.63, 3.8) is 0 Å². The Balaban J connectivity index is 2.59. The molecule has 0 radical (unpaired) electrons. The highest BCUT2D eigenvalue weighted by Gasteiger charge is 2.22. The lowest BCUT2D eigenvalue weighted by molar-refractivity contribution is -0.0286. The minimum atomic E-state index is -0.00119. The van der Waals surface area contributed by atoms with Gasteiger partial charge in [-0.2, -0.15) is 0 Å². The Labute approximate surface area is 104 Å². The first-order chi connectivity index (χ1) is 8.19. The van der Waals surface area contributed by atoms with Crippen molar-refractivity contribution in [2.45, 2.75) is 26.6 Å². The average Bonchev–Trinajstić information content (AvgIpc) is 2.35. The van der Waals surface area contributed by atoms with E-state index in [0.717, 1.165) is 5.56 Å². The summed E-state index contributed by atoms with van der Waals surface area (Å²) in [7, 11) is 0. The van der Waals surface area contributed by atoms with Gasteiger partial charge in [0.05, 0.1) is 19.3 Å². The fraction of sp³-hybridized carbons (Fsp3) is 0.467. The van der Waals surface area contributed by atoms with Crippen molar-refractivity contribution in [3.8, 4) is 0 Å². The van der Waals surface area contributed by atoms with Gasteiger partial charge in [-0.1, -0.05) is 50.3 Å². The molecule has 2 atom stereocenters. The highest BCUT2D eigenvalue weighted by molar-refractivity contribution is 5.13. The Morgan fingerprint density at radius 3 is 2.41 bits per heavy atom. The van der Waals surface area contributed by atoms with Crippen LogP contribution in [0.4, 0.5) is 0 Å². The second-order valence-corrected chi connectivity index (χ2v) is 4.59. The van der Waals surface area contributed by atoms with Gasteiger partial charge in [-0.25, -0.2) is 0 Å². The Morgan fingerprint density at radius 1 is 1.29 bits per heavy atom. The lowest BCUT2D eigenvalue weighted by Crippen LogP contribution is -2.30. The number of aliphatic hydroxyl groups is 1. The van der Waals surface area contributed by atoms with Gasteiger partial charge in [0.2, 0.25) is 0 Å². The Morgan fingerprint density at radius 2 is 1.94 bits per heavy atom. The summed E-state index contributed by atoms with van der Waals surface area (Å²) in [5.41, 5.74) is 1.15. The maximum absolute atomic E-state index is 9.29. The van der Waals surface area contributed by atoms with Crippen LogP contribution >= 0.6 is 0 Å². The van der Waals surface area contributed by atoms with E-state index in [1.54, 1.807) is 6.08 Å². The monoisotopic (exact) mass is 234 g/mol. The quantitative estimate of drug-likeness (QED) is 0.735. The fourth-order valence-corrected chi connectivity index (χ4v) is 1.89. The SMILES string of the molecule is C=C[C@H](CO)[C@H](OCc1ccccc1)C(C)C. The van der Waals surface area contributed by atoms with Crippen LogP contribution in [0.25, 0.3) is 0 Å². The van der Waals surface area contributed by atoms with Crippen molar-refractivity contribution in [3.05, 3.63) is 48.6 Å². The minimum Gasteiger partial charge on any atom is -0.396 e. The zero-order valence-electron chi connectivity index (χ0n) is 10.7. The van der Waals surface area contributed by atoms with Crippen LogP contribution in [0.2, 0.25) is 0 Å². The topological polar surface area (TPSA) is 29.5 Å². The molecule has 0 aliphatic rings. The summed E-state index contributed by atoms with van der Waals surface area (Å²) >= 11 is 0. The van der Waals surface area contributed by atoms with Gasteiger partial charge in [0, 0.05) is 5.92 Å². The van der Waals surface area contributed by atoms with Gasteiger partial charge in [0.25, 0.3) is 0 Å². The van der Waals surface area contributed by atoms with Gasteiger partial charge in [-0.3, -0.25) is 0 Å². The Kier molecular flexibility index (Phi) is 5.95. The summed E-state index contributed by atoms with van der Waals surface area (Å²) < 4.78 is 5.90. The third kappa shape index (κ3) is 4.33. The van der Waals surface area contributed by atoms with E-state index >= 15 is 0 Å². The predicted molar refractivity (Wildman–Crippen MR) is 70.6 cm³/mol. The molecule has 0 fully saturated rings. The maximum Gasteiger partial charge on any atom is 0.0721 e. The molecule has 0 spiro atoms. The fourth-order valence-electron chi connectivity index (χ4n) is 1.89. The first kappa shape index (κ1) is 13.9. The third-order valence-electron chi connectivity index (χ3n) is 2.88. The van der Waals surface area contributed by atoms with Crippen LogP contribution in [0, 0.1) is 11.8 Å². The van der Waals surface area contributed by atoms with Crippen LogP contribution in [0.3, 0.4) is 0 Å². The van der Waals surface area contributed by atoms with Crippen LogP contribution < -0.4 is 0 Å². The van der Waals surface area contributed by atoms with Gasteiger partial charge < -0.3 is 9.84 Å². The Hall–Kier alpha value is -1.12. The number of ether oxygens (including phenoxy) is 1. The molecule has 0 saturated carbocycles. The van der Waals surface area contributed by atoms with Crippen molar-refractivity contribution in [1.29, 1.82) is 0 Å². The number of rotatable bonds is 7. The molecule has 0 amide bonds. The van der Waals surface area contributed by atoms with Gasteiger partial charge in [0.1, 0.15) is 0 Å². The van der Waals surface area contributed by atoms with E-state index in [9.17, 15) is 5.11 Å². The molecule has 17 heavy (non-hydrogen) atoms. The molecule has 1 aromatic rings. The summed E-state index contributed by atoms with van der Waals surface area (Å²) in [6, 6.07) is 10.1. The normalized spacial score (nSPS) is 14.6. The molecule has 1 N–H and O–H groups in total. The van der Waals surface area contributed by atoms with Gasteiger partial charge in [0.15, 0.2) is 0 Å². The molecule has 0 aliphatic heterocycles. The molecule has 1 aromatic carbocycles. The molecule has 2 heteroatoms. The largest absolute Gasteiger partial charge is 0.396 e. The molecule has 0 aliphatic carbocycles. The molecule has 0 heterocycles. The summed E-state index contributed by atoms with van der Waals surface area (Å²) in [6.07, 6.45) is 1.79. The zero-order valence-corrected chi connectivity index (χ0v) is 10.7. The van der Waals surface area contributed by atoms with Crippen LogP contribution in [0.1, 0.15) is 19.4 Å². The molecule has 0 unspecified atom stereocenters. The van der Waals surface area contributed by atoms with Crippen molar-refractivity contribution in [1.82, 2.24) is 0 Å². The first-order valence-electron chi connectivity index (χ1n) is 6.08. The predicted octanol–water partition coefficient (Wildman–Crippen LogP) is 3.02. The van der Waals surface area contributed by atoms with Crippen LogP contribution in [0.5, 0.6) is 0 Å². The van der Waals surface area contributed by atoms with E-state index in [2.05, 4.69) is 20.4 Å². The van der Waals surface area contributed by atoms with E-state index in [-0.39, 0.29) is 18.6 Å². The number of benzene rings is 1. The van der Waals surface area contributed by atoms with Crippen molar-refractivity contribution in [2.75, 3.05) is 6.61 Å². The van der Waals surface area contributed by atoms with E-state index in [0.29, 0.717) is 12.5 Å². The van der Waals surface area contributed by atoms with E-state index in [1.807, 2.05) is 30.3 Å². The number of aliphatic hydroxyl groups excluding tert-OH is 1. The molecular weight excluding hydrogens is 212 g/mol. The number of hydrogen-bond donors (Lipinski definition) is 1. The van der Waals surface area contributed by atoms with E-state index < -0.39 is 0 Å². The van der Waals surface area contributed by atoms with Crippen LogP contribution in [0.15, 0.2) is 43.0 Å². The number of hydrogen-bond acceptors (Lipinski definition) is 2. The van der Waals surface area contributed by atoms with Crippen LogP contribution in [-0.2, 0) is 11.3 Å². The lowest BCUT2D eigenvalue weighted by atomic mass is 9.94. The highest BCUT2D eigenvalue weighted by atomic mass is 16.5. The second kappa shape index (κ2) is 7.25. The second-order valence-electron chi connectivity index (χ2n) is 4.59. The third-order valence-corrected chi connectivity index (χ3v) is 2.88. The van der Waals surface area contributed by atoms with Gasteiger partial charge in [-0.15, -0.1) is 6.58 Å². The lowest BCUT2D eigenvalue weighted by Gasteiger charge is -2.27. The Bertz CT molecular complexity index is 319. The zero-order chi connectivity index (χ0) is 12.7. The van der Waals surface area contributed by atoms with E-state index in [4.69, 9.17) is 4.74 Å². The molecule has 1 rings (SSSR count). The van der Waals surface area contributed by atoms with Gasteiger partial charge in [-0.05, 0) is 11.5 Å². The maximum atomic E-state index is 9.29. The smallest absolute Gasteiger partial charge is 0.0721 e. The average molecular weight is 234 g/mol. The minimum absolute atomic E-state index is 0.00119. The standard InChI is InChI=1S/C15H22O2/c1-4-14(10-16)15(12(2)3)17-11-13-8-6-5-7-9-13/h4-9,12,14-16H,1,10-11H2,2-3H3/t14-,15-/m1/s1.